The van der Waals surface area contributed by atoms with E-state index in [1.54, 1.807) is 0 Å². The van der Waals surface area contributed by atoms with E-state index in [4.69, 9.17) is 10.5 Å². The van der Waals surface area contributed by atoms with Crippen LogP contribution in [-0.4, -0.2) is 4.98 Å². The number of aromatic nitrogens is 1. The van der Waals surface area contributed by atoms with Crippen molar-refractivity contribution in [1.82, 2.24) is 4.98 Å². The van der Waals surface area contributed by atoms with E-state index in [0.717, 1.165) is 12.8 Å². The molecule has 3 nitrogen and oxygen atoms in total. The first kappa shape index (κ1) is 7.47. The lowest BCUT2D eigenvalue weighted by Gasteiger charge is -2.12. The summed E-state index contributed by atoms with van der Waals surface area (Å²) < 4.78 is 5.38. The van der Waals surface area contributed by atoms with Gasteiger partial charge in [0.15, 0.2) is 0 Å². The maximum absolute atomic E-state index is 6.15. The summed E-state index contributed by atoms with van der Waals surface area (Å²) in [6.07, 6.45) is 5.97. The third-order valence-corrected chi connectivity index (χ3v) is 2.98. The van der Waals surface area contributed by atoms with E-state index in [1.807, 2.05) is 12.4 Å². The fraction of sp³-hybridized carbons (Fsp3) is 0.500. The molecule has 0 radical (unpaired) electrons. The van der Waals surface area contributed by atoms with Crippen LogP contribution in [0.3, 0.4) is 0 Å². The molecule has 1 aromatic rings. The van der Waals surface area contributed by atoms with Gasteiger partial charge in [0.05, 0.1) is 13.2 Å². The molecule has 1 aromatic heterocycles. The predicted octanol–water partition coefficient (Wildman–Crippen LogP) is 1.06. The Labute approximate surface area is 76.9 Å². The Hall–Kier alpha value is -0.930. The molecule has 1 aliphatic carbocycles. The largest absolute Gasteiger partial charge is 0.372 e. The summed E-state index contributed by atoms with van der Waals surface area (Å²) in [6.45, 7) is 1.42. The van der Waals surface area contributed by atoms with E-state index < -0.39 is 0 Å². The minimum absolute atomic E-state index is 0.0773. The highest BCUT2D eigenvalue weighted by atomic mass is 16.5. The van der Waals surface area contributed by atoms with E-state index in [-0.39, 0.29) is 5.54 Å². The summed E-state index contributed by atoms with van der Waals surface area (Å²) in [5, 5.41) is 0. The van der Waals surface area contributed by atoms with Gasteiger partial charge in [0, 0.05) is 23.5 Å². The molecule has 13 heavy (non-hydrogen) atoms. The van der Waals surface area contributed by atoms with Crippen LogP contribution in [0.2, 0.25) is 0 Å². The van der Waals surface area contributed by atoms with Gasteiger partial charge >= 0.3 is 0 Å². The zero-order valence-corrected chi connectivity index (χ0v) is 7.42. The molecule has 2 N–H and O–H groups in total. The van der Waals surface area contributed by atoms with Crippen LogP contribution in [0.5, 0.6) is 0 Å². The molecule has 1 fully saturated rings. The predicted molar refractivity (Wildman–Crippen MR) is 47.8 cm³/mol. The van der Waals surface area contributed by atoms with Crippen molar-refractivity contribution in [2.45, 2.75) is 31.6 Å². The molecular formula is C10H12N2O. The molecule has 0 aromatic carbocycles. The van der Waals surface area contributed by atoms with Crippen LogP contribution in [0.4, 0.5) is 0 Å². The van der Waals surface area contributed by atoms with Crippen molar-refractivity contribution in [2.75, 3.05) is 0 Å². The Balaban J connectivity index is 2.15. The highest BCUT2D eigenvalue weighted by Crippen LogP contribution is 2.45. The van der Waals surface area contributed by atoms with Gasteiger partial charge in [-0.1, -0.05) is 0 Å². The van der Waals surface area contributed by atoms with Crippen LogP contribution in [0, 0.1) is 0 Å². The van der Waals surface area contributed by atoms with Gasteiger partial charge in [-0.3, -0.25) is 4.98 Å². The second kappa shape index (κ2) is 2.30. The van der Waals surface area contributed by atoms with E-state index in [9.17, 15) is 0 Å². The third kappa shape index (κ3) is 1.01. The van der Waals surface area contributed by atoms with Gasteiger partial charge in [-0.2, -0.15) is 0 Å². The second-order valence-corrected chi connectivity index (χ2v) is 3.97. The minimum atomic E-state index is -0.0773. The van der Waals surface area contributed by atoms with Crippen molar-refractivity contribution < 1.29 is 4.74 Å². The zero-order valence-electron chi connectivity index (χ0n) is 7.42. The maximum Gasteiger partial charge on any atom is 0.0740 e. The number of fused-ring (bicyclic) bond motifs is 1. The number of rotatable bonds is 1. The van der Waals surface area contributed by atoms with Gasteiger partial charge < -0.3 is 10.5 Å². The number of ether oxygens (including phenoxy) is 1. The molecule has 0 bridgehead atoms. The molecule has 2 heterocycles. The van der Waals surface area contributed by atoms with Gasteiger partial charge in [-0.05, 0) is 24.0 Å². The fourth-order valence-corrected chi connectivity index (χ4v) is 1.92. The van der Waals surface area contributed by atoms with Crippen molar-refractivity contribution >= 4 is 0 Å². The number of nitrogens with zero attached hydrogens (tertiary/aromatic N) is 1. The number of nitrogens with two attached hydrogens (primary N) is 1. The number of hydrogen-bond donors (Lipinski definition) is 1. The van der Waals surface area contributed by atoms with Crippen molar-refractivity contribution in [2.24, 2.45) is 5.73 Å². The van der Waals surface area contributed by atoms with Crippen LogP contribution in [-0.2, 0) is 23.5 Å². The lowest BCUT2D eigenvalue weighted by atomic mass is 10.00. The van der Waals surface area contributed by atoms with E-state index in [1.165, 1.54) is 16.7 Å². The molecule has 68 valence electrons. The normalized spacial score (nSPS) is 22.8. The van der Waals surface area contributed by atoms with Crippen LogP contribution in [0.1, 0.15) is 29.5 Å². The Morgan fingerprint density at radius 3 is 2.92 bits per heavy atom. The van der Waals surface area contributed by atoms with E-state index in [0.29, 0.717) is 13.2 Å². The number of pyridine rings is 1. The molecule has 1 saturated carbocycles. The first-order chi connectivity index (χ1) is 6.30. The molecule has 0 saturated heterocycles. The smallest absolute Gasteiger partial charge is 0.0740 e. The third-order valence-electron chi connectivity index (χ3n) is 2.98. The zero-order chi connectivity index (χ0) is 8.89. The quantitative estimate of drug-likeness (QED) is 0.696. The van der Waals surface area contributed by atoms with Crippen molar-refractivity contribution in [3.8, 4) is 0 Å². The molecule has 3 rings (SSSR count). The van der Waals surface area contributed by atoms with Gasteiger partial charge in [0.1, 0.15) is 0 Å². The monoisotopic (exact) mass is 176 g/mol. The van der Waals surface area contributed by atoms with Crippen LogP contribution < -0.4 is 5.73 Å². The van der Waals surface area contributed by atoms with Crippen molar-refractivity contribution in [3.63, 3.8) is 0 Å². The first-order valence-electron chi connectivity index (χ1n) is 4.62. The Morgan fingerprint density at radius 1 is 1.31 bits per heavy atom. The summed E-state index contributed by atoms with van der Waals surface area (Å²) >= 11 is 0. The van der Waals surface area contributed by atoms with Crippen molar-refractivity contribution in [3.05, 3.63) is 29.1 Å². The molecule has 3 heteroatoms. The van der Waals surface area contributed by atoms with Crippen LogP contribution >= 0.6 is 0 Å². The Morgan fingerprint density at radius 2 is 2.15 bits per heavy atom. The molecule has 0 spiro atoms. The minimum Gasteiger partial charge on any atom is -0.372 e. The maximum atomic E-state index is 6.15. The topological polar surface area (TPSA) is 48.1 Å². The summed E-state index contributed by atoms with van der Waals surface area (Å²) in [7, 11) is 0. The Bertz CT molecular complexity index is 358. The molecule has 0 atom stereocenters. The van der Waals surface area contributed by atoms with Gasteiger partial charge in [-0.15, -0.1) is 0 Å². The number of hydrogen-bond acceptors (Lipinski definition) is 3. The first-order valence-corrected chi connectivity index (χ1v) is 4.62. The summed E-state index contributed by atoms with van der Waals surface area (Å²) in [5.41, 5.74) is 9.78. The van der Waals surface area contributed by atoms with Gasteiger partial charge in [0.2, 0.25) is 0 Å². The Kier molecular flexibility index (Phi) is 1.32. The van der Waals surface area contributed by atoms with Crippen LogP contribution in [0.25, 0.3) is 0 Å². The SMILES string of the molecule is NC1(c2cncc3c2COC3)CC1. The molecule has 2 aliphatic rings. The lowest BCUT2D eigenvalue weighted by Crippen LogP contribution is -2.21. The van der Waals surface area contributed by atoms with E-state index in [2.05, 4.69) is 4.98 Å². The highest BCUT2D eigenvalue weighted by Gasteiger charge is 2.42. The van der Waals surface area contributed by atoms with Gasteiger partial charge in [0.25, 0.3) is 0 Å². The molecule has 1 aliphatic heterocycles. The highest BCUT2D eigenvalue weighted by molar-refractivity contribution is 5.40. The van der Waals surface area contributed by atoms with E-state index >= 15 is 0 Å². The second-order valence-electron chi connectivity index (χ2n) is 3.97. The summed E-state index contributed by atoms with van der Waals surface area (Å²) in [6, 6.07) is 0. The lowest BCUT2D eigenvalue weighted by molar-refractivity contribution is 0.134. The summed E-state index contributed by atoms with van der Waals surface area (Å²) in [5.74, 6) is 0. The van der Waals surface area contributed by atoms with Crippen molar-refractivity contribution in [1.29, 1.82) is 0 Å². The fourth-order valence-electron chi connectivity index (χ4n) is 1.92. The average Bonchev–Trinajstić information content (AvgIpc) is 2.72. The average molecular weight is 176 g/mol. The molecule has 0 amide bonds. The van der Waals surface area contributed by atoms with Gasteiger partial charge in [-0.25, -0.2) is 0 Å². The summed E-state index contributed by atoms with van der Waals surface area (Å²) in [4.78, 5) is 4.20. The molecule has 0 unspecified atom stereocenters. The standard InChI is InChI=1S/C10H12N2O/c11-10(1-2-10)9-4-12-3-7-5-13-6-8(7)9/h3-4H,1-2,5-6,11H2. The van der Waals surface area contributed by atoms with Crippen LogP contribution in [0.15, 0.2) is 12.4 Å². The molecular weight excluding hydrogens is 164 g/mol.